The van der Waals surface area contributed by atoms with Gasteiger partial charge in [-0.1, -0.05) is 127 Å². The van der Waals surface area contributed by atoms with Crippen molar-refractivity contribution in [3.8, 4) is 56.7 Å². The second-order valence-corrected chi connectivity index (χ2v) is 13.3. The summed E-state index contributed by atoms with van der Waals surface area (Å²) < 4.78 is 8.94. The number of thiophene rings is 1. The third-order valence-electron chi connectivity index (χ3n) is 9.18. The average Bonchev–Trinajstić information content (AvgIpc) is 3.80. The van der Waals surface area contributed by atoms with Crippen LogP contribution in [0, 0.1) is 0 Å². The molecule has 0 amide bonds. The van der Waals surface area contributed by atoms with Gasteiger partial charge in [0.15, 0.2) is 23.1 Å². The van der Waals surface area contributed by atoms with Gasteiger partial charge in [-0.15, -0.1) is 11.3 Å². The molecule has 0 radical (unpaired) electrons. The zero-order valence-electron chi connectivity index (χ0n) is 26.6. The Labute approximate surface area is 291 Å². The van der Waals surface area contributed by atoms with Crippen LogP contribution in [0.15, 0.2) is 162 Å². The minimum atomic E-state index is 0.618. The molecule has 10 aromatic rings. The highest BCUT2D eigenvalue weighted by Gasteiger charge is 2.22. The Morgan fingerprint density at radius 1 is 0.420 bits per heavy atom. The van der Waals surface area contributed by atoms with Crippen LogP contribution in [0.3, 0.4) is 0 Å². The van der Waals surface area contributed by atoms with Crippen molar-refractivity contribution in [3.63, 3.8) is 0 Å². The molecule has 0 spiro atoms. The number of nitrogens with zero attached hydrogens (tertiary/aromatic N) is 4. The van der Waals surface area contributed by atoms with Gasteiger partial charge in [-0.05, 0) is 46.7 Å². The molecule has 0 bridgehead atoms. The van der Waals surface area contributed by atoms with E-state index in [-0.39, 0.29) is 0 Å². The van der Waals surface area contributed by atoms with E-state index in [0.717, 1.165) is 60.6 Å². The summed E-state index contributed by atoms with van der Waals surface area (Å²) >= 11 is 1.79. The van der Waals surface area contributed by atoms with Crippen LogP contribution in [0.2, 0.25) is 0 Å². The quantitative estimate of drug-likeness (QED) is 0.184. The fourth-order valence-electron chi connectivity index (χ4n) is 6.83. The van der Waals surface area contributed by atoms with E-state index in [0.29, 0.717) is 23.4 Å². The maximum atomic E-state index is 6.56. The molecule has 0 aliphatic carbocycles. The van der Waals surface area contributed by atoms with Crippen molar-refractivity contribution in [2.75, 3.05) is 0 Å². The highest BCUT2D eigenvalue weighted by molar-refractivity contribution is 7.26. The van der Waals surface area contributed by atoms with Gasteiger partial charge in [-0.2, -0.15) is 0 Å². The van der Waals surface area contributed by atoms with Crippen LogP contribution in [0.5, 0.6) is 0 Å². The Morgan fingerprint density at radius 2 is 0.940 bits per heavy atom. The molecular weight excluding hydrogens is 633 g/mol. The van der Waals surface area contributed by atoms with E-state index >= 15 is 0 Å². The normalized spacial score (nSPS) is 11.6. The molecule has 0 unspecified atom stereocenters. The Kier molecular flexibility index (Phi) is 6.60. The van der Waals surface area contributed by atoms with Crippen molar-refractivity contribution in [1.82, 2.24) is 19.9 Å². The van der Waals surface area contributed by atoms with E-state index in [1.807, 2.05) is 91.0 Å². The lowest BCUT2D eigenvalue weighted by atomic mass is 9.93. The van der Waals surface area contributed by atoms with E-state index in [4.69, 9.17) is 24.4 Å². The monoisotopic (exact) mass is 658 g/mol. The number of benzene rings is 7. The third kappa shape index (κ3) is 4.69. The Bertz CT molecular complexity index is 2810. The molecule has 50 heavy (non-hydrogen) atoms. The average molecular weight is 659 g/mol. The van der Waals surface area contributed by atoms with Gasteiger partial charge in [0.25, 0.3) is 0 Å². The zero-order valence-corrected chi connectivity index (χ0v) is 27.4. The fourth-order valence-corrected chi connectivity index (χ4v) is 8.06. The molecule has 5 nitrogen and oxygen atoms in total. The zero-order chi connectivity index (χ0) is 33.0. The standard InChI is InChI=1S/C44H26N4OS/c1-4-14-27(15-5-1)41-46-42(28-16-6-2-7-17-28)48-43(47-41)33-25-24-32(30-20-10-11-21-31(30)33)35-26-36-39(49-44(45-36)29-18-8-3-9-19-29)38-34-22-12-13-23-37(34)50-40(35)38/h1-26H. The first-order valence-corrected chi connectivity index (χ1v) is 17.3. The number of fused-ring (bicyclic) bond motifs is 6. The third-order valence-corrected chi connectivity index (χ3v) is 10.4. The number of rotatable bonds is 5. The van der Waals surface area contributed by atoms with Gasteiger partial charge < -0.3 is 4.42 Å². The summed E-state index contributed by atoms with van der Waals surface area (Å²) in [4.78, 5) is 20.1. The Hall–Kier alpha value is -6.50. The molecule has 3 aromatic heterocycles. The molecule has 7 aromatic carbocycles. The lowest BCUT2D eigenvalue weighted by Crippen LogP contribution is -2.00. The number of oxazole rings is 1. The fraction of sp³-hybridized carbons (Fsp3) is 0. The first-order valence-electron chi connectivity index (χ1n) is 16.5. The minimum absolute atomic E-state index is 0.618. The summed E-state index contributed by atoms with van der Waals surface area (Å²) in [6.45, 7) is 0. The highest BCUT2D eigenvalue weighted by atomic mass is 32.1. The first kappa shape index (κ1) is 28.5. The minimum Gasteiger partial charge on any atom is -0.435 e. The number of hydrogen-bond donors (Lipinski definition) is 0. The van der Waals surface area contributed by atoms with Crippen LogP contribution in [0.25, 0.3) is 98.8 Å². The van der Waals surface area contributed by atoms with E-state index in [1.54, 1.807) is 11.3 Å². The number of hydrogen-bond acceptors (Lipinski definition) is 6. The lowest BCUT2D eigenvalue weighted by Gasteiger charge is -2.13. The van der Waals surface area contributed by atoms with Crippen LogP contribution >= 0.6 is 11.3 Å². The summed E-state index contributed by atoms with van der Waals surface area (Å²) in [6, 6.07) is 53.9. The van der Waals surface area contributed by atoms with Gasteiger partial charge in [0.05, 0.1) is 0 Å². The van der Waals surface area contributed by atoms with Crippen LogP contribution in [-0.2, 0) is 0 Å². The van der Waals surface area contributed by atoms with Crippen LogP contribution < -0.4 is 0 Å². The van der Waals surface area contributed by atoms with E-state index in [1.165, 1.54) is 14.8 Å². The van der Waals surface area contributed by atoms with Gasteiger partial charge >= 0.3 is 0 Å². The van der Waals surface area contributed by atoms with Crippen molar-refractivity contribution in [1.29, 1.82) is 0 Å². The predicted molar refractivity (Wildman–Crippen MR) is 205 cm³/mol. The second-order valence-electron chi connectivity index (χ2n) is 12.2. The molecule has 3 heterocycles. The summed E-state index contributed by atoms with van der Waals surface area (Å²) in [5.41, 5.74) is 7.67. The summed E-state index contributed by atoms with van der Waals surface area (Å²) in [6.07, 6.45) is 0. The molecule has 10 rings (SSSR count). The topological polar surface area (TPSA) is 64.7 Å². The molecule has 234 valence electrons. The van der Waals surface area contributed by atoms with Gasteiger partial charge in [0.2, 0.25) is 5.89 Å². The van der Waals surface area contributed by atoms with E-state index in [2.05, 4.69) is 66.7 Å². The molecule has 6 heteroatoms. The van der Waals surface area contributed by atoms with Crippen molar-refractivity contribution in [2.24, 2.45) is 0 Å². The van der Waals surface area contributed by atoms with Crippen LogP contribution in [-0.4, -0.2) is 19.9 Å². The Balaban J connectivity index is 1.22. The molecule has 0 atom stereocenters. The van der Waals surface area contributed by atoms with Crippen molar-refractivity contribution >= 4 is 53.4 Å². The molecule has 0 aliphatic rings. The molecule has 0 saturated carbocycles. The van der Waals surface area contributed by atoms with Gasteiger partial charge in [-0.25, -0.2) is 19.9 Å². The van der Waals surface area contributed by atoms with Gasteiger partial charge in [0.1, 0.15) is 5.52 Å². The van der Waals surface area contributed by atoms with Crippen molar-refractivity contribution in [3.05, 3.63) is 158 Å². The van der Waals surface area contributed by atoms with Gasteiger partial charge in [-0.3, -0.25) is 0 Å². The SMILES string of the molecule is c1ccc(-c2nc(-c3ccccc3)nc(-c3ccc(-c4cc5nc(-c6ccccc6)oc5c5c4sc4ccccc45)c4ccccc34)n2)cc1. The van der Waals surface area contributed by atoms with Crippen LogP contribution in [0.4, 0.5) is 0 Å². The van der Waals surface area contributed by atoms with E-state index < -0.39 is 0 Å². The molecule has 0 aliphatic heterocycles. The molecule has 0 fully saturated rings. The largest absolute Gasteiger partial charge is 0.435 e. The number of aromatic nitrogens is 4. The maximum Gasteiger partial charge on any atom is 0.227 e. The summed E-state index contributed by atoms with van der Waals surface area (Å²) in [5, 5.41) is 4.44. The Morgan fingerprint density at radius 3 is 1.60 bits per heavy atom. The van der Waals surface area contributed by atoms with Gasteiger partial charge in [0, 0.05) is 48.0 Å². The van der Waals surface area contributed by atoms with E-state index in [9.17, 15) is 0 Å². The highest BCUT2D eigenvalue weighted by Crippen LogP contribution is 2.47. The van der Waals surface area contributed by atoms with Crippen molar-refractivity contribution < 1.29 is 4.42 Å². The first-order chi connectivity index (χ1) is 24.8. The van der Waals surface area contributed by atoms with Crippen LogP contribution in [0.1, 0.15) is 0 Å². The lowest BCUT2D eigenvalue weighted by molar-refractivity contribution is 0.623. The predicted octanol–water partition coefficient (Wildman–Crippen LogP) is 11.9. The van der Waals surface area contributed by atoms with Crippen molar-refractivity contribution in [2.45, 2.75) is 0 Å². The summed E-state index contributed by atoms with van der Waals surface area (Å²) in [7, 11) is 0. The smallest absolute Gasteiger partial charge is 0.227 e. The second kappa shape index (κ2) is 11.6. The molecule has 0 saturated heterocycles. The molecular formula is C44H26N4OS. The summed E-state index contributed by atoms with van der Waals surface area (Å²) in [5.74, 6) is 2.53. The maximum absolute atomic E-state index is 6.56. The molecule has 0 N–H and O–H groups in total.